The van der Waals surface area contributed by atoms with Gasteiger partial charge in [0.15, 0.2) is 5.76 Å². The molecule has 0 amide bonds. The first-order valence-corrected chi connectivity index (χ1v) is 7.79. The first-order chi connectivity index (χ1) is 7.20. The van der Waals surface area contributed by atoms with Crippen LogP contribution >= 0.6 is 47.8 Å². The highest BCUT2D eigenvalue weighted by Crippen LogP contribution is 2.34. The third kappa shape index (κ3) is 4.41. The van der Waals surface area contributed by atoms with Crippen molar-refractivity contribution in [2.24, 2.45) is 0 Å². The van der Waals surface area contributed by atoms with E-state index in [1.807, 2.05) is 5.83 Å². The van der Waals surface area contributed by atoms with Crippen LogP contribution in [0.4, 0.5) is 0 Å². The minimum Gasteiger partial charge on any atom is -0.421 e. The Hall–Kier alpha value is 0.390. The van der Waals surface area contributed by atoms with Crippen LogP contribution in [0.15, 0.2) is 20.8 Å². The predicted molar refractivity (Wildman–Crippen MR) is 73.4 cm³/mol. The highest BCUT2D eigenvalue weighted by atomic mass is 79.9. The van der Waals surface area contributed by atoms with E-state index in [-0.39, 0.29) is 5.97 Å². The number of rotatable bonds is 3. The summed E-state index contributed by atoms with van der Waals surface area (Å²) < 4.78 is 5.77. The van der Waals surface area contributed by atoms with E-state index >= 15 is 0 Å². The summed E-state index contributed by atoms with van der Waals surface area (Å²) in [6, 6.07) is 0. The lowest BCUT2D eigenvalue weighted by molar-refractivity contribution is -0.133. The number of esters is 1. The van der Waals surface area contributed by atoms with Crippen molar-refractivity contribution in [3.8, 4) is 0 Å². The molecule has 0 unspecified atom stereocenters. The van der Waals surface area contributed by atoms with Gasteiger partial charge >= 0.3 is 5.97 Å². The Labute approximate surface area is 116 Å². The van der Waals surface area contributed by atoms with Crippen LogP contribution in [0.5, 0.6) is 0 Å². The number of cyclic esters (lactones) is 1. The fourth-order valence-electron chi connectivity index (χ4n) is 1.08. The number of hydrogen-bond acceptors (Lipinski definition) is 2. The Bertz CT molecular complexity index is 282. The molecule has 0 saturated carbocycles. The fourth-order valence-corrected chi connectivity index (χ4v) is 2.27. The van der Waals surface area contributed by atoms with Crippen molar-refractivity contribution in [2.75, 3.05) is 5.83 Å². The summed E-state index contributed by atoms with van der Waals surface area (Å²) in [6.45, 7) is 2.09. The first-order valence-electron chi connectivity index (χ1n) is 4.50. The van der Waals surface area contributed by atoms with Gasteiger partial charge in [0.25, 0.3) is 0 Å². The molecule has 86 valence electrons. The van der Waals surface area contributed by atoms with Crippen molar-refractivity contribution in [1.82, 2.24) is 0 Å². The van der Waals surface area contributed by atoms with E-state index in [0.29, 0.717) is 5.76 Å². The van der Waals surface area contributed by atoms with Crippen molar-refractivity contribution < 1.29 is 9.53 Å². The Balaban J connectivity index is 0.000000921. The minimum absolute atomic E-state index is 0.231. The van der Waals surface area contributed by atoms with E-state index in [1.165, 1.54) is 0 Å². The maximum atomic E-state index is 11.3. The predicted octanol–water partition coefficient (Wildman–Crippen LogP) is 4.63. The summed E-state index contributed by atoms with van der Waals surface area (Å²) in [5.74, 6) is 2.15. The molecule has 0 bridgehead atoms. The second-order valence-corrected chi connectivity index (χ2v) is 4.01. The number of ether oxygens (including phenoxy) is 1. The molecule has 1 heterocycles. The number of allylic oxidation sites excluding steroid dienone is 1. The quantitative estimate of drug-likeness (QED) is 0.506. The lowest BCUT2D eigenvalue weighted by Gasteiger charge is -1.95. The van der Waals surface area contributed by atoms with Gasteiger partial charge in [0, 0.05) is 4.99 Å². The van der Waals surface area contributed by atoms with Crippen LogP contribution in [0, 0.1) is 0 Å². The second kappa shape index (κ2) is 8.53. The number of unbranched alkanes of at least 4 members (excludes halogenated alkanes) is 1. The normalized spacial score (nSPS) is 17.7. The van der Waals surface area contributed by atoms with Crippen LogP contribution in [0.1, 0.15) is 26.2 Å². The maximum absolute atomic E-state index is 11.3. The van der Waals surface area contributed by atoms with Crippen LogP contribution in [-0.2, 0) is 9.53 Å². The average Bonchev–Trinajstić information content (AvgIpc) is 2.54. The summed E-state index contributed by atoms with van der Waals surface area (Å²) in [7, 11) is 0. The van der Waals surface area contributed by atoms with Gasteiger partial charge in [0.05, 0.1) is 10.1 Å². The highest BCUT2D eigenvalue weighted by Gasteiger charge is 2.26. The van der Waals surface area contributed by atoms with Gasteiger partial charge < -0.3 is 4.74 Å². The first kappa shape index (κ1) is 15.4. The molecule has 5 heteroatoms. The zero-order chi connectivity index (χ0) is 11.8. The standard InChI is InChI=1S/C9H10Br2O2.CH3Br/c1-2-3-4-6-8(11)7(5-10)13-9(6)12;1-2/h5H,2-4H2,1H3;1H3/b7-5-;. The van der Waals surface area contributed by atoms with Crippen LogP contribution in [-0.4, -0.2) is 11.8 Å². The van der Waals surface area contributed by atoms with E-state index in [9.17, 15) is 4.79 Å². The molecule has 0 N–H and O–H groups in total. The monoisotopic (exact) mass is 402 g/mol. The number of hydrogen-bond donors (Lipinski definition) is 0. The summed E-state index contributed by atoms with van der Waals surface area (Å²) in [6.07, 6.45) is 2.86. The molecule has 1 rings (SSSR count). The molecular formula is C10H13Br3O2. The Morgan fingerprint density at radius 3 is 2.40 bits per heavy atom. The van der Waals surface area contributed by atoms with Gasteiger partial charge in [0.1, 0.15) is 0 Å². The molecule has 0 aromatic heterocycles. The Kier molecular flexibility index (Phi) is 8.75. The molecule has 0 spiro atoms. The lowest BCUT2D eigenvalue weighted by atomic mass is 10.1. The Morgan fingerprint density at radius 1 is 1.40 bits per heavy atom. The third-order valence-electron chi connectivity index (χ3n) is 1.81. The van der Waals surface area contributed by atoms with Crippen LogP contribution in [0.3, 0.4) is 0 Å². The van der Waals surface area contributed by atoms with Crippen molar-refractivity contribution >= 4 is 53.8 Å². The topological polar surface area (TPSA) is 26.3 Å². The number of alkyl halides is 1. The zero-order valence-corrected chi connectivity index (χ0v) is 13.4. The van der Waals surface area contributed by atoms with Crippen molar-refractivity contribution in [3.05, 3.63) is 20.8 Å². The highest BCUT2D eigenvalue weighted by molar-refractivity contribution is 9.12. The van der Waals surface area contributed by atoms with E-state index in [0.717, 1.165) is 29.3 Å². The van der Waals surface area contributed by atoms with E-state index in [2.05, 4.69) is 54.7 Å². The van der Waals surface area contributed by atoms with Crippen LogP contribution in [0.2, 0.25) is 0 Å². The minimum atomic E-state index is -0.231. The summed E-state index contributed by atoms with van der Waals surface area (Å²) in [5, 5.41) is 0. The van der Waals surface area contributed by atoms with Crippen LogP contribution in [0.25, 0.3) is 0 Å². The van der Waals surface area contributed by atoms with Crippen LogP contribution < -0.4 is 0 Å². The van der Waals surface area contributed by atoms with Crippen molar-refractivity contribution in [1.29, 1.82) is 0 Å². The summed E-state index contributed by atoms with van der Waals surface area (Å²) in [4.78, 5) is 12.9. The van der Waals surface area contributed by atoms with E-state index < -0.39 is 0 Å². The maximum Gasteiger partial charge on any atom is 0.340 e. The Morgan fingerprint density at radius 2 is 2.00 bits per heavy atom. The average molecular weight is 405 g/mol. The molecule has 1 aliphatic rings. The SMILES string of the molecule is CBr.CCCCC1=C(Br)/C(=C/Br)OC1=O. The molecule has 0 aliphatic carbocycles. The number of carbonyl (C=O) groups is 1. The van der Waals surface area contributed by atoms with Crippen molar-refractivity contribution in [2.45, 2.75) is 26.2 Å². The fraction of sp³-hybridized carbons (Fsp3) is 0.500. The lowest BCUT2D eigenvalue weighted by Crippen LogP contribution is -1.98. The van der Waals surface area contributed by atoms with Gasteiger partial charge in [-0.05, 0) is 34.6 Å². The molecule has 2 nitrogen and oxygen atoms in total. The smallest absolute Gasteiger partial charge is 0.340 e. The largest absolute Gasteiger partial charge is 0.421 e. The van der Waals surface area contributed by atoms with E-state index in [4.69, 9.17) is 4.74 Å². The molecule has 0 fully saturated rings. The van der Waals surface area contributed by atoms with Gasteiger partial charge in [-0.2, -0.15) is 0 Å². The molecule has 0 aromatic carbocycles. The molecule has 0 aromatic rings. The molecule has 1 aliphatic heterocycles. The third-order valence-corrected chi connectivity index (χ3v) is 3.09. The second-order valence-electron chi connectivity index (χ2n) is 2.76. The summed E-state index contributed by atoms with van der Waals surface area (Å²) in [5.41, 5.74) is 0.743. The summed E-state index contributed by atoms with van der Waals surface area (Å²) >= 11 is 9.41. The van der Waals surface area contributed by atoms with Gasteiger partial charge in [-0.1, -0.05) is 45.2 Å². The molecule has 0 atom stereocenters. The number of carbonyl (C=O) groups excluding carboxylic acids is 1. The molecule has 0 saturated heterocycles. The van der Waals surface area contributed by atoms with Gasteiger partial charge in [-0.3, -0.25) is 0 Å². The van der Waals surface area contributed by atoms with E-state index in [1.54, 1.807) is 4.99 Å². The van der Waals surface area contributed by atoms with Gasteiger partial charge in [0.2, 0.25) is 0 Å². The number of halogens is 3. The zero-order valence-electron chi connectivity index (χ0n) is 8.65. The molecular weight excluding hydrogens is 392 g/mol. The van der Waals surface area contributed by atoms with Crippen molar-refractivity contribution in [3.63, 3.8) is 0 Å². The molecule has 15 heavy (non-hydrogen) atoms. The van der Waals surface area contributed by atoms with Gasteiger partial charge in [-0.15, -0.1) is 0 Å². The van der Waals surface area contributed by atoms with Gasteiger partial charge in [-0.25, -0.2) is 4.79 Å². The molecule has 0 radical (unpaired) electrons.